The summed E-state index contributed by atoms with van der Waals surface area (Å²) in [5, 5.41) is 4.98. The molecule has 2 N–H and O–H groups in total. The number of nitrogens with one attached hydrogen (secondary N) is 2. The molecule has 0 atom stereocenters. The highest BCUT2D eigenvalue weighted by Gasteiger charge is 2.44. The molecule has 24 heavy (non-hydrogen) atoms. The fourth-order valence-corrected chi connectivity index (χ4v) is 3.43. The predicted octanol–water partition coefficient (Wildman–Crippen LogP) is 4.21. The van der Waals surface area contributed by atoms with Gasteiger partial charge in [-0.3, -0.25) is 4.79 Å². The highest BCUT2D eigenvalue weighted by Crippen LogP contribution is 2.47. The Morgan fingerprint density at radius 2 is 1.88 bits per heavy atom. The highest BCUT2D eigenvalue weighted by molar-refractivity contribution is 6.30. The molecule has 1 aliphatic carbocycles. The van der Waals surface area contributed by atoms with Gasteiger partial charge in [0.25, 0.3) is 0 Å². The van der Waals surface area contributed by atoms with Crippen LogP contribution in [0, 0.1) is 0 Å². The Morgan fingerprint density at radius 3 is 2.62 bits per heavy atom. The summed E-state index contributed by atoms with van der Waals surface area (Å²) in [4.78, 5) is 15.6. The molecular weight excluding hydrogens is 320 g/mol. The van der Waals surface area contributed by atoms with E-state index in [-0.39, 0.29) is 11.3 Å². The molecule has 4 rings (SSSR count). The number of aromatic nitrogens is 1. The lowest BCUT2D eigenvalue weighted by molar-refractivity contribution is -0.120. The van der Waals surface area contributed by atoms with E-state index in [0.717, 1.165) is 34.3 Å². The quantitative estimate of drug-likeness (QED) is 0.719. The second-order valence-corrected chi connectivity index (χ2v) is 7.04. The molecule has 0 aliphatic heterocycles. The molecule has 1 aromatic heterocycles. The van der Waals surface area contributed by atoms with Crippen molar-refractivity contribution in [3.63, 3.8) is 0 Å². The van der Waals surface area contributed by atoms with Crippen molar-refractivity contribution in [3.8, 4) is 0 Å². The van der Waals surface area contributed by atoms with Crippen molar-refractivity contribution in [2.45, 2.75) is 24.7 Å². The topological polar surface area (TPSA) is 44.9 Å². The maximum atomic E-state index is 12.4. The van der Waals surface area contributed by atoms with Crippen LogP contribution in [0.15, 0.2) is 54.7 Å². The first kappa shape index (κ1) is 15.3. The zero-order valence-corrected chi connectivity index (χ0v) is 14.1. The molecule has 0 bridgehead atoms. The Morgan fingerprint density at radius 1 is 1.12 bits per heavy atom. The molecule has 4 heteroatoms. The molecule has 3 aromatic rings. The number of hydrogen-bond donors (Lipinski definition) is 2. The lowest BCUT2D eigenvalue weighted by Crippen LogP contribution is -2.33. The van der Waals surface area contributed by atoms with Crippen LogP contribution in [0.5, 0.6) is 0 Å². The van der Waals surface area contributed by atoms with Crippen molar-refractivity contribution in [3.05, 3.63) is 70.9 Å². The number of carbonyl (C=O) groups is 1. The minimum absolute atomic E-state index is 0.0694. The van der Waals surface area contributed by atoms with Crippen molar-refractivity contribution >= 4 is 28.4 Å². The lowest BCUT2D eigenvalue weighted by Gasteiger charge is -2.16. The summed E-state index contributed by atoms with van der Waals surface area (Å²) in [7, 11) is 0. The van der Waals surface area contributed by atoms with Gasteiger partial charge in [0, 0.05) is 34.1 Å². The number of rotatable bonds is 5. The summed E-state index contributed by atoms with van der Waals surface area (Å²) in [6.07, 6.45) is 4.56. The summed E-state index contributed by atoms with van der Waals surface area (Å²) in [6, 6.07) is 16.0. The third-order valence-electron chi connectivity index (χ3n) is 4.96. The SMILES string of the molecule is O=C(Cc1c[nH]c2ccccc12)NCC1(c2ccc(Cl)cc2)CC1. The van der Waals surface area contributed by atoms with Crippen molar-refractivity contribution in [1.29, 1.82) is 0 Å². The maximum Gasteiger partial charge on any atom is 0.224 e. The van der Waals surface area contributed by atoms with E-state index in [0.29, 0.717) is 13.0 Å². The van der Waals surface area contributed by atoms with Crippen molar-refractivity contribution in [2.75, 3.05) is 6.54 Å². The predicted molar refractivity (Wildman–Crippen MR) is 97.4 cm³/mol. The van der Waals surface area contributed by atoms with Crippen molar-refractivity contribution in [1.82, 2.24) is 10.3 Å². The molecule has 1 saturated carbocycles. The van der Waals surface area contributed by atoms with E-state index < -0.39 is 0 Å². The van der Waals surface area contributed by atoms with Crippen LogP contribution in [0.4, 0.5) is 0 Å². The van der Waals surface area contributed by atoms with Gasteiger partial charge < -0.3 is 10.3 Å². The first-order valence-electron chi connectivity index (χ1n) is 8.24. The minimum atomic E-state index is 0.0694. The number of para-hydroxylation sites is 1. The average Bonchev–Trinajstić information content (AvgIpc) is 3.29. The monoisotopic (exact) mass is 338 g/mol. The molecule has 0 unspecified atom stereocenters. The number of halogens is 1. The van der Waals surface area contributed by atoms with E-state index in [9.17, 15) is 4.79 Å². The summed E-state index contributed by atoms with van der Waals surface area (Å²) >= 11 is 5.96. The van der Waals surface area contributed by atoms with Gasteiger partial charge in [-0.1, -0.05) is 41.9 Å². The van der Waals surface area contributed by atoms with Crippen LogP contribution in [0.2, 0.25) is 5.02 Å². The zero-order valence-electron chi connectivity index (χ0n) is 13.3. The van der Waals surface area contributed by atoms with Crippen LogP contribution in [-0.2, 0) is 16.6 Å². The van der Waals surface area contributed by atoms with Gasteiger partial charge in [-0.25, -0.2) is 0 Å². The number of carbonyl (C=O) groups excluding carboxylic acids is 1. The van der Waals surface area contributed by atoms with Gasteiger partial charge in [-0.2, -0.15) is 0 Å². The Balaban J connectivity index is 1.41. The summed E-state index contributed by atoms with van der Waals surface area (Å²) < 4.78 is 0. The summed E-state index contributed by atoms with van der Waals surface area (Å²) in [6.45, 7) is 0.690. The average molecular weight is 339 g/mol. The van der Waals surface area contributed by atoms with Crippen LogP contribution in [0.3, 0.4) is 0 Å². The van der Waals surface area contributed by atoms with E-state index in [2.05, 4.69) is 22.4 Å². The van der Waals surface area contributed by atoms with E-state index in [1.54, 1.807) is 0 Å². The summed E-state index contributed by atoms with van der Waals surface area (Å²) in [5.74, 6) is 0.0694. The lowest BCUT2D eigenvalue weighted by atomic mass is 9.96. The van der Waals surface area contributed by atoms with E-state index in [1.165, 1.54) is 5.56 Å². The highest BCUT2D eigenvalue weighted by atomic mass is 35.5. The molecule has 1 amide bonds. The van der Waals surface area contributed by atoms with Gasteiger partial charge in [0.2, 0.25) is 5.91 Å². The van der Waals surface area contributed by atoms with E-state index >= 15 is 0 Å². The Labute approximate surface area is 146 Å². The number of fused-ring (bicyclic) bond motifs is 1. The van der Waals surface area contributed by atoms with Crippen LogP contribution in [0.25, 0.3) is 10.9 Å². The minimum Gasteiger partial charge on any atom is -0.361 e. The first-order valence-corrected chi connectivity index (χ1v) is 8.62. The fraction of sp³-hybridized carbons (Fsp3) is 0.250. The maximum absolute atomic E-state index is 12.4. The number of H-pyrrole nitrogens is 1. The van der Waals surface area contributed by atoms with Crippen molar-refractivity contribution in [2.24, 2.45) is 0 Å². The number of benzene rings is 2. The third kappa shape index (κ3) is 2.92. The van der Waals surface area contributed by atoms with Crippen LogP contribution in [0.1, 0.15) is 24.0 Å². The number of aromatic amines is 1. The van der Waals surface area contributed by atoms with E-state index in [4.69, 9.17) is 11.6 Å². The van der Waals surface area contributed by atoms with E-state index in [1.807, 2.05) is 42.6 Å². The first-order chi connectivity index (χ1) is 11.7. The fourth-order valence-electron chi connectivity index (χ4n) is 3.30. The molecule has 122 valence electrons. The van der Waals surface area contributed by atoms with Gasteiger partial charge in [0.1, 0.15) is 0 Å². The largest absolute Gasteiger partial charge is 0.361 e. The zero-order chi connectivity index (χ0) is 16.6. The van der Waals surface area contributed by atoms with Crippen molar-refractivity contribution < 1.29 is 4.79 Å². The molecule has 0 saturated heterocycles. The molecule has 1 fully saturated rings. The molecule has 2 aromatic carbocycles. The molecule has 0 spiro atoms. The van der Waals surface area contributed by atoms with Crippen LogP contribution < -0.4 is 5.32 Å². The van der Waals surface area contributed by atoms with Crippen LogP contribution in [-0.4, -0.2) is 17.4 Å². The Hall–Kier alpha value is -2.26. The smallest absolute Gasteiger partial charge is 0.224 e. The van der Waals surface area contributed by atoms with Gasteiger partial charge in [0.05, 0.1) is 6.42 Å². The number of hydrogen-bond acceptors (Lipinski definition) is 1. The normalized spacial score (nSPS) is 15.4. The molecule has 1 aliphatic rings. The molecule has 1 heterocycles. The van der Waals surface area contributed by atoms with Gasteiger partial charge in [0.15, 0.2) is 0 Å². The number of amides is 1. The van der Waals surface area contributed by atoms with Gasteiger partial charge in [-0.15, -0.1) is 0 Å². The summed E-state index contributed by atoms with van der Waals surface area (Å²) in [5.41, 5.74) is 3.47. The second-order valence-electron chi connectivity index (χ2n) is 6.60. The van der Waals surface area contributed by atoms with Crippen LogP contribution >= 0.6 is 11.6 Å². The van der Waals surface area contributed by atoms with Gasteiger partial charge in [-0.05, 0) is 42.2 Å². The Kier molecular flexibility index (Phi) is 3.81. The molecular formula is C20H19ClN2O. The third-order valence-corrected chi connectivity index (χ3v) is 5.21. The van der Waals surface area contributed by atoms with Gasteiger partial charge >= 0.3 is 0 Å². The Bertz CT molecular complexity index is 878. The standard InChI is InChI=1S/C20H19ClN2O/c21-16-7-5-15(6-8-16)20(9-10-20)13-23-19(24)11-14-12-22-18-4-2-1-3-17(14)18/h1-8,12,22H,9-11,13H2,(H,23,24). The molecule has 3 nitrogen and oxygen atoms in total. The molecule has 0 radical (unpaired) electrons. The second kappa shape index (κ2) is 5.99.